The topological polar surface area (TPSA) is 50.6 Å². The van der Waals surface area contributed by atoms with Gasteiger partial charge in [0, 0.05) is 30.6 Å². The van der Waals surface area contributed by atoms with Gasteiger partial charge in [0.05, 0.1) is 19.9 Å². The third-order valence-electron chi connectivity index (χ3n) is 4.22. The van der Waals surface area contributed by atoms with Gasteiger partial charge in [0.15, 0.2) is 0 Å². The predicted molar refractivity (Wildman–Crippen MR) is 90.0 cm³/mol. The molecule has 1 aliphatic rings. The van der Waals surface area contributed by atoms with E-state index in [-0.39, 0.29) is 5.56 Å². The van der Waals surface area contributed by atoms with Crippen molar-refractivity contribution in [2.75, 3.05) is 31.8 Å². The molecule has 6 heteroatoms. The molecule has 3 rings (SSSR count). The maximum absolute atomic E-state index is 12.7. The Hall–Kier alpha value is -2.18. The zero-order valence-corrected chi connectivity index (χ0v) is 13.8. The van der Waals surface area contributed by atoms with Crippen LogP contribution in [0.25, 0.3) is 0 Å². The molecule has 0 unspecified atom stereocenters. The van der Waals surface area contributed by atoms with E-state index in [1.807, 2.05) is 44.2 Å². The first-order chi connectivity index (χ1) is 11.1. The Morgan fingerprint density at radius 1 is 1.17 bits per heavy atom. The fourth-order valence-corrected chi connectivity index (χ4v) is 2.75. The Kier molecular flexibility index (Phi) is 4.45. The first-order valence-corrected chi connectivity index (χ1v) is 7.73. The molecule has 0 atom stereocenters. The van der Waals surface area contributed by atoms with Crippen molar-refractivity contribution in [1.82, 2.24) is 14.5 Å². The number of fused-ring (bicyclic) bond motifs is 1. The minimum absolute atomic E-state index is 0.0237. The third-order valence-corrected chi connectivity index (χ3v) is 4.22. The summed E-state index contributed by atoms with van der Waals surface area (Å²) in [5, 5.41) is 0. The van der Waals surface area contributed by atoms with Crippen LogP contribution in [0, 0.1) is 13.8 Å². The van der Waals surface area contributed by atoms with Crippen LogP contribution in [0.2, 0.25) is 0 Å². The lowest BCUT2D eigenvalue weighted by molar-refractivity contribution is 0.121. The second kappa shape index (κ2) is 6.52. The quantitative estimate of drug-likeness (QED) is 0.862. The standard InChI is InChI=1S/C17H22N4O2/c1-13-14(2)18-17-20(15-7-5-4-6-8-15)11-19(9-10-23-3)12-21(17)16(13)22/h4-8H,9-12H2,1-3H3. The summed E-state index contributed by atoms with van der Waals surface area (Å²) in [6, 6.07) is 10.0. The normalized spacial score (nSPS) is 14.8. The summed E-state index contributed by atoms with van der Waals surface area (Å²) < 4.78 is 6.93. The Morgan fingerprint density at radius 3 is 2.61 bits per heavy atom. The van der Waals surface area contributed by atoms with E-state index in [0.29, 0.717) is 31.5 Å². The first kappa shape index (κ1) is 15.7. The lowest BCUT2D eigenvalue weighted by Gasteiger charge is -2.38. The molecule has 0 bridgehead atoms. The molecule has 0 saturated heterocycles. The van der Waals surface area contributed by atoms with E-state index in [1.54, 1.807) is 11.7 Å². The van der Waals surface area contributed by atoms with Crippen molar-refractivity contribution < 1.29 is 4.74 Å². The van der Waals surface area contributed by atoms with Crippen molar-refractivity contribution in [3.05, 3.63) is 51.9 Å². The van der Waals surface area contributed by atoms with Gasteiger partial charge < -0.3 is 4.74 Å². The van der Waals surface area contributed by atoms with E-state index in [0.717, 1.165) is 17.9 Å². The number of ether oxygens (including phenoxy) is 1. The number of methoxy groups -OCH3 is 1. The largest absolute Gasteiger partial charge is 0.383 e. The maximum Gasteiger partial charge on any atom is 0.259 e. The smallest absolute Gasteiger partial charge is 0.259 e. The highest BCUT2D eigenvalue weighted by molar-refractivity contribution is 5.58. The molecule has 0 saturated carbocycles. The number of benzene rings is 1. The number of hydrogen-bond acceptors (Lipinski definition) is 5. The number of rotatable bonds is 4. The van der Waals surface area contributed by atoms with Gasteiger partial charge in [0.2, 0.25) is 5.95 Å². The summed E-state index contributed by atoms with van der Waals surface area (Å²) in [4.78, 5) is 21.6. The highest BCUT2D eigenvalue weighted by Gasteiger charge is 2.26. The number of anilines is 2. The molecule has 0 amide bonds. The van der Waals surface area contributed by atoms with E-state index in [2.05, 4.69) is 14.8 Å². The molecule has 0 spiro atoms. The van der Waals surface area contributed by atoms with Crippen LogP contribution >= 0.6 is 0 Å². The van der Waals surface area contributed by atoms with E-state index in [1.165, 1.54) is 0 Å². The van der Waals surface area contributed by atoms with Gasteiger partial charge >= 0.3 is 0 Å². The van der Waals surface area contributed by atoms with Gasteiger partial charge in [0.25, 0.3) is 5.56 Å². The number of hydrogen-bond donors (Lipinski definition) is 0. The van der Waals surface area contributed by atoms with Gasteiger partial charge in [-0.25, -0.2) is 4.98 Å². The van der Waals surface area contributed by atoms with E-state index in [4.69, 9.17) is 4.74 Å². The van der Waals surface area contributed by atoms with Crippen LogP contribution in [0.3, 0.4) is 0 Å². The molecule has 1 aromatic carbocycles. The molecule has 2 heterocycles. The molecule has 1 aromatic heterocycles. The average molecular weight is 314 g/mol. The Labute approximate surface area is 135 Å². The molecular formula is C17H22N4O2. The molecule has 6 nitrogen and oxygen atoms in total. The van der Waals surface area contributed by atoms with Crippen LogP contribution in [-0.2, 0) is 11.4 Å². The van der Waals surface area contributed by atoms with Crippen molar-refractivity contribution in [3.63, 3.8) is 0 Å². The monoisotopic (exact) mass is 314 g/mol. The Bertz CT molecular complexity index is 742. The molecule has 0 aliphatic carbocycles. The molecule has 0 N–H and O–H groups in total. The number of nitrogens with zero attached hydrogens (tertiary/aromatic N) is 4. The summed E-state index contributed by atoms with van der Waals surface area (Å²) in [6.45, 7) is 6.33. The second-order valence-electron chi connectivity index (χ2n) is 5.79. The lowest BCUT2D eigenvalue weighted by Crippen LogP contribution is -2.48. The Morgan fingerprint density at radius 2 is 1.91 bits per heavy atom. The fraction of sp³-hybridized carbons (Fsp3) is 0.412. The number of aromatic nitrogens is 2. The van der Waals surface area contributed by atoms with Gasteiger partial charge in [-0.1, -0.05) is 18.2 Å². The predicted octanol–water partition coefficient (Wildman–Crippen LogP) is 1.88. The van der Waals surface area contributed by atoms with Crippen molar-refractivity contribution in [2.24, 2.45) is 0 Å². The van der Waals surface area contributed by atoms with Crippen molar-refractivity contribution in [3.8, 4) is 0 Å². The van der Waals surface area contributed by atoms with E-state index in [9.17, 15) is 4.79 Å². The Balaban J connectivity index is 2.08. The van der Waals surface area contributed by atoms with Crippen LogP contribution in [0.1, 0.15) is 11.3 Å². The molecular weight excluding hydrogens is 292 g/mol. The summed E-state index contributed by atoms with van der Waals surface area (Å²) in [6.07, 6.45) is 0. The van der Waals surface area contributed by atoms with Gasteiger partial charge in [-0.2, -0.15) is 0 Å². The number of aryl methyl sites for hydroxylation is 1. The molecule has 122 valence electrons. The van der Waals surface area contributed by atoms with Crippen LogP contribution in [0.4, 0.5) is 11.6 Å². The fourth-order valence-electron chi connectivity index (χ4n) is 2.75. The zero-order valence-electron chi connectivity index (χ0n) is 13.8. The highest BCUT2D eigenvalue weighted by atomic mass is 16.5. The first-order valence-electron chi connectivity index (χ1n) is 7.73. The molecule has 23 heavy (non-hydrogen) atoms. The molecule has 1 aliphatic heterocycles. The maximum atomic E-state index is 12.7. The van der Waals surface area contributed by atoms with Crippen molar-refractivity contribution in [2.45, 2.75) is 20.5 Å². The highest BCUT2D eigenvalue weighted by Crippen LogP contribution is 2.27. The summed E-state index contributed by atoms with van der Waals surface area (Å²) in [7, 11) is 1.69. The minimum Gasteiger partial charge on any atom is -0.383 e. The second-order valence-corrected chi connectivity index (χ2v) is 5.79. The summed E-state index contributed by atoms with van der Waals surface area (Å²) in [5.41, 5.74) is 2.54. The minimum atomic E-state index is 0.0237. The van der Waals surface area contributed by atoms with Crippen molar-refractivity contribution >= 4 is 11.6 Å². The van der Waals surface area contributed by atoms with Crippen LogP contribution in [0.15, 0.2) is 35.1 Å². The molecule has 0 fully saturated rings. The lowest BCUT2D eigenvalue weighted by atomic mass is 10.2. The molecule has 0 radical (unpaired) electrons. The summed E-state index contributed by atoms with van der Waals surface area (Å²) >= 11 is 0. The van der Waals surface area contributed by atoms with Gasteiger partial charge in [-0.3, -0.25) is 19.2 Å². The van der Waals surface area contributed by atoms with E-state index >= 15 is 0 Å². The van der Waals surface area contributed by atoms with Crippen LogP contribution in [-0.4, -0.2) is 41.4 Å². The van der Waals surface area contributed by atoms with Crippen LogP contribution in [0.5, 0.6) is 0 Å². The average Bonchev–Trinajstić information content (AvgIpc) is 2.58. The van der Waals surface area contributed by atoms with Crippen molar-refractivity contribution in [1.29, 1.82) is 0 Å². The summed E-state index contributed by atoms with van der Waals surface area (Å²) in [5.74, 6) is 0.706. The third kappa shape index (κ3) is 3.00. The molecule has 2 aromatic rings. The van der Waals surface area contributed by atoms with Gasteiger partial charge in [0.1, 0.15) is 0 Å². The van der Waals surface area contributed by atoms with Crippen LogP contribution < -0.4 is 10.5 Å². The van der Waals surface area contributed by atoms with Gasteiger partial charge in [-0.05, 0) is 26.0 Å². The van der Waals surface area contributed by atoms with E-state index < -0.39 is 0 Å². The number of para-hydroxylation sites is 1. The SMILES string of the molecule is COCCN1CN(c2ccccc2)c2nc(C)c(C)c(=O)n2C1. The van der Waals surface area contributed by atoms with Gasteiger partial charge in [-0.15, -0.1) is 0 Å². The zero-order chi connectivity index (χ0) is 16.4.